The number of ether oxygens (including phenoxy) is 1. The minimum Gasteiger partial charge on any atom is -0.444 e. The lowest BCUT2D eigenvalue weighted by Crippen LogP contribution is -2.27. The predicted octanol–water partition coefficient (Wildman–Crippen LogP) is 3.59. The zero-order valence-corrected chi connectivity index (χ0v) is 10.6. The molecule has 0 atom stereocenters. The molecule has 1 rings (SSSR count). The Kier molecular flexibility index (Phi) is 4.27. The number of rotatable bonds is 2. The third-order valence-electron chi connectivity index (χ3n) is 1.86. The molecule has 0 aliphatic heterocycles. The normalized spacial score (nSPS) is 10.6. The minimum atomic E-state index is -0.651. The molecule has 1 N–H and O–H groups in total. The van der Waals surface area contributed by atoms with E-state index in [1.807, 2.05) is 0 Å². The number of benzene rings is 1. The molecule has 0 unspecified atom stereocenters. The van der Waals surface area contributed by atoms with Gasteiger partial charge in [-0.3, -0.25) is 5.32 Å². The van der Waals surface area contributed by atoms with E-state index in [1.54, 1.807) is 26.8 Å². The maximum atomic E-state index is 13.2. The highest BCUT2D eigenvalue weighted by Gasteiger charge is 2.16. The summed E-state index contributed by atoms with van der Waals surface area (Å²) in [5.74, 6) is -0.498. The molecule has 0 aromatic heterocycles. The van der Waals surface area contributed by atoms with Crippen LogP contribution in [0.3, 0.4) is 0 Å². The predicted molar refractivity (Wildman–Crippen MR) is 66.6 cm³/mol. The number of nitrogens with zero attached hydrogens (tertiary/aromatic N) is 1. The van der Waals surface area contributed by atoms with Crippen LogP contribution in [0.25, 0.3) is 4.85 Å². The first-order chi connectivity index (χ1) is 8.30. The zero-order chi connectivity index (χ0) is 13.8. The van der Waals surface area contributed by atoms with Gasteiger partial charge in [0, 0.05) is 11.3 Å². The summed E-state index contributed by atoms with van der Waals surface area (Å²) < 4.78 is 18.3. The number of hydrogen-bond donors (Lipinski definition) is 1. The van der Waals surface area contributed by atoms with E-state index in [2.05, 4.69) is 10.2 Å². The molecule has 0 spiro atoms. The van der Waals surface area contributed by atoms with Gasteiger partial charge in [-0.2, -0.15) is 0 Å². The molecule has 0 fully saturated rings. The Labute approximate surface area is 106 Å². The van der Waals surface area contributed by atoms with Crippen LogP contribution in [-0.2, 0) is 11.3 Å². The molecule has 4 nitrogen and oxygen atoms in total. The lowest BCUT2D eigenvalue weighted by molar-refractivity contribution is 0.0636. The molecule has 1 aromatic carbocycles. The van der Waals surface area contributed by atoms with Crippen LogP contribution in [0.5, 0.6) is 0 Å². The lowest BCUT2D eigenvalue weighted by Gasteiger charge is -2.19. The number of hydrogen-bond acceptors (Lipinski definition) is 2. The van der Waals surface area contributed by atoms with E-state index in [9.17, 15) is 9.18 Å². The van der Waals surface area contributed by atoms with Gasteiger partial charge < -0.3 is 9.58 Å². The average Bonchev–Trinajstić information content (AvgIpc) is 2.12. The van der Waals surface area contributed by atoms with E-state index >= 15 is 0 Å². The van der Waals surface area contributed by atoms with Gasteiger partial charge in [0.25, 0.3) is 0 Å². The Balaban J connectivity index is 2.79. The Hall–Kier alpha value is -2.09. The van der Waals surface area contributed by atoms with Crippen LogP contribution in [0, 0.1) is 12.4 Å². The molecule has 1 amide bonds. The van der Waals surface area contributed by atoms with Gasteiger partial charge in [-0.05, 0) is 39.0 Å². The van der Waals surface area contributed by atoms with Gasteiger partial charge in [-0.1, -0.05) is 0 Å². The Morgan fingerprint density at radius 3 is 2.67 bits per heavy atom. The van der Waals surface area contributed by atoms with Crippen molar-refractivity contribution in [3.8, 4) is 0 Å². The third-order valence-corrected chi connectivity index (χ3v) is 1.86. The van der Waals surface area contributed by atoms with Crippen molar-refractivity contribution in [2.24, 2.45) is 0 Å². The van der Waals surface area contributed by atoms with Gasteiger partial charge in [0.1, 0.15) is 11.4 Å². The van der Waals surface area contributed by atoms with Gasteiger partial charge in [0.15, 0.2) is 0 Å². The minimum absolute atomic E-state index is 0.0702. The third kappa shape index (κ3) is 4.83. The van der Waals surface area contributed by atoms with E-state index in [1.165, 1.54) is 12.1 Å². The van der Waals surface area contributed by atoms with E-state index in [4.69, 9.17) is 11.3 Å². The first kappa shape index (κ1) is 14.0. The second-order valence-electron chi connectivity index (χ2n) is 4.79. The van der Waals surface area contributed by atoms with Gasteiger partial charge in [0.2, 0.25) is 6.54 Å². The maximum Gasteiger partial charge on any atom is 0.412 e. The summed E-state index contributed by atoms with van der Waals surface area (Å²) in [6.07, 6.45) is -0.651. The van der Waals surface area contributed by atoms with Crippen LogP contribution in [0.2, 0.25) is 0 Å². The molecular weight excluding hydrogens is 235 g/mol. The fourth-order valence-electron chi connectivity index (χ4n) is 1.33. The van der Waals surface area contributed by atoms with Gasteiger partial charge in [-0.15, -0.1) is 0 Å². The molecule has 0 aliphatic carbocycles. The first-order valence-electron chi connectivity index (χ1n) is 5.43. The molecule has 0 saturated carbocycles. The highest BCUT2D eigenvalue weighted by atomic mass is 19.1. The zero-order valence-electron chi connectivity index (χ0n) is 10.6. The average molecular weight is 250 g/mol. The summed E-state index contributed by atoms with van der Waals surface area (Å²) in [6, 6.07) is 3.99. The molecule has 0 heterocycles. The summed E-state index contributed by atoms with van der Waals surface area (Å²) in [6.45, 7) is 12.0. The fraction of sp³-hybridized carbons (Fsp3) is 0.385. The summed E-state index contributed by atoms with van der Waals surface area (Å²) in [7, 11) is 0. The second-order valence-corrected chi connectivity index (χ2v) is 4.79. The Bertz CT molecular complexity index is 487. The fourth-order valence-corrected chi connectivity index (χ4v) is 1.33. The first-order valence-corrected chi connectivity index (χ1v) is 5.43. The molecule has 0 saturated heterocycles. The van der Waals surface area contributed by atoms with Crippen LogP contribution in [0.4, 0.5) is 14.9 Å². The SMILES string of the molecule is [C-]#[N+]Cc1cc(F)cc(NC(=O)OC(C)(C)C)c1. The van der Waals surface area contributed by atoms with Crippen molar-refractivity contribution < 1.29 is 13.9 Å². The Morgan fingerprint density at radius 1 is 1.44 bits per heavy atom. The number of anilines is 1. The van der Waals surface area contributed by atoms with Crippen molar-refractivity contribution in [2.75, 3.05) is 5.32 Å². The quantitative estimate of drug-likeness (QED) is 0.815. The van der Waals surface area contributed by atoms with E-state index in [0.29, 0.717) is 5.56 Å². The molecule has 0 radical (unpaired) electrons. The smallest absolute Gasteiger partial charge is 0.412 e. The number of carbonyl (C=O) groups excluding carboxylic acids is 1. The number of carbonyl (C=O) groups is 1. The topological polar surface area (TPSA) is 42.7 Å². The lowest BCUT2D eigenvalue weighted by atomic mass is 10.2. The second kappa shape index (κ2) is 5.50. The molecule has 5 heteroatoms. The highest BCUT2D eigenvalue weighted by molar-refractivity contribution is 5.84. The maximum absolute atomic E-state index is 13.2. The van der Waals surface area contributed by atoms with Crippen LogP contribution < -0.4 is 5.32 Å². The molecule has 0 bridgehead atoms. The van der Waals surface area contributed by atoms with Gasteiger partial charge in [-0.25, -0.2) is 15.8 Å². The largest absolute Gasteiger partial charge is 0.444 e. The summed E-state index contributed by atoms with van der Waals surface area (Å²) in [5.41, 5.74) is 0.176. The van der Waals surface area contributed by atoms with Crippen LogP contribution >= 0.6 is 0 Å². The number of halogens is 1. The Morgan fingerprint density at radius 2 is 2.11 bits per heavy atom. The monoisotopic (exact) mass is 250 g/mol. The van der Waals surface area contributed by atoms with E-state index in [0.717, 1.165) is 0 Å². The van der Waals surface area contributed by atoms with Crippen LogP contribution in [0.15, 0.2) is 18.2 Å². The van der Waals surface area contributed by atoms with Gasteiger partial charge in [0.05, 0.1) is 0 Å². The summed E-state index contributed by atoms with van der Waals surface area (Å²) >= 11 is 0. The van der Waals surface area contributed by atoms with Crippen LogP contribution in [-0.4, -0.2) is 11.7 Å². The van der Waals surface area contributed by atoms with Crippen LogP contribution in [0.1, 0.15) is 26.3 Å². The van der Waals surface area contributed by atoms with Crippen molar-refractivity contribution in [1.82, 2.24) is 0 Å². The number of nitrogens with one attached hydrogen (secondary N) is 1. The standard InChI is InChI=1S/C13H15FN2O2/c1-13(2,3)18-12(17)16-11-6-9(8-15-4)5-10(14)7-11/h5-7H,8H2,1-3H3,(H,16,17). The van der Waals surface area contributed by atoms with E-state index in [-0.39, 0.29) is 12.2 Å². The number of amides is 1. The summed E-state index contributed by atoms with van der Waals surface area (Å²) in [5, 5.41) is 2.43. The van der Waals surface area contributed by atoms with Crippen molar-refractivity contribution in [2.45, 2.75) is 32.9 Å². The summed E-state index contributed by atoms with van der Waals surface area (Å²) in [4.78, 5) is 14.7. The molecular formula is C13H15FN2O2. The highest BCUT2D eigenvalue weighted by Crippen LogP contribution is 2.16. The van der Waals surface area contributed by atoms with Crippen molar-refractivity contribution >= 4 is 11.8 Å². The molecule has 18 heavy (non-hydrogen) atoms. The molecule has 96 valence electrons. The van der Waals surface area contributed by atoms with E-state index < -0.39 is 17.5 Å². The van der Waals surface area contributed by atoms with Crippen molar-refractivity contribution in [3.63, 3.8) is 0 Å². The molecule has 0 aliphatic rings. The molecule has 1 aromatic rings. The van der Waals surface area contributed by atoms with Crippen molar-refractivity contribution in [3.05, 3.63) is 41.0 Å². The van der Waals surface area contributed by atoms with Crippen molar-refractivity contribution in [1.29, 1.82) is 0 Å². The van der Waals surface area contributed by atoms with Gasteiger partial charge >= 0.3 is 6.09 Å².